The Morgan fingerprint density at radius 1 is 1.52 bits per heavy atom. The van der Waals surface area contributed by atoms with Crippen LogP contribution in [-0.2, 0) is 22.5 Å². The normalized spacial score (nSPS) is 16.3. The number of nitrogens with zero attached hydrogens (tertiary/aromatic N) is 1. The summed E-state index contributed by atoms with van der Waals surface area (Å²) >= 11 is 0. The number of rotatable bonds is 6. The van der Waals surface area contributed by atoms with Crippen molar-refractivity contribution < 1.29 is 9.53 Å². The average Bonchev–Trinajstić information content (AvgIpc) is 2.50. The van der Waals surface area contributed by atoms with E-state index in [1.807, 2.05) is 19.1 Å². The molecule has 1 aromatic carbocycles. The Bertz CT molecular complexity index is 490. The van der Waals surface area contributed by atoms with Gasteiger partial charge in [-0.25, -0.2) is 0 Å². The van der Waals surface area contributed by atoms with E-state index in [0.717, 1.165) is 31.6 Å². The van der Waals surface area contributed by atoms with Crippen molar-refractivity contribution in [1.82, 2.24) is 10.2 Å². The number of nitrogen functional groups attached to an aromatic ring is 1. The molecule has 116 valence electrons. The summed E-state index contributed by atoms with van der Waals surface area (Å²) in [6.07, 6.45) is 1.75. The van der Waals surface area contributed by atoms with E-state index in [1.165, 1.54) is 11.1 Å². The molecular formula is C16H25N3O2. The maximum atomic E-state index is 12.2. The van der Waals surface area contributed by atoms with Crippen molar-refractivity contribution in [2.45, 2.75) is 32.4 Å². The van der Waals surface area contributed by atoms with Gasteiger partial charge in [0.25, 0.3) is 0 Å². The molecule has 1 amide bonds. The minimum atomic E-state index is -0.123. The van der Waals surface area contributed by atoms with Crippen molar-refractivity contribution in [1.29, 1.82) is 0 Å². The molecule has 21 heavy (non-hydrogen) atoms. The van der Waals surface area contributed by atoms with Crippen LogP contribution in [0.15, 0.2) is 18.2 Å². The Kier molecular flexibility index (Phi) is 5.59. The fraction of sp³-hybridized carbons (Fsp3) is 0.562. The van der Waals surface area contributed by atoms with Crippen molar-refractivity contribution in [3.8, 4) is 0 Å². The van der Waals surface area contributed by atoms with E-state index in [4.69, 9.17) is 10.5 Å². The number of amides is 1. The van der Waals surface area contributed by atoms with Gasteiger partial charge >= 0.3 is 0 Å². The minimum absolute atomic E-state index is 0.0819. The zero-order valence-electron chi connectivity index (χ0n) is 12.9. The summed E-state index contributed by atoms with van der Waals surface area (Å²) in [6.45, 7) is 4.95. The first kappa shape index (κ1) is 15.8. The van der Waals surface area contributed by atoms with E-state index >= 15 is 0 Å². The largest absolute Gasteiger partial charge is 0.398 e. The van der Waals surface area contributed by atoms with E-state index < -0.39 is 0 Å². The molecule has 1 aliphatic rings. The molecule has 2 rings (SSSR count). The Hall–Kier alpha value is -1.59. The van der Waals surface area contributed by atoms with Crippen LogP contribution in [0.3, 0.4) is 0 Å². The molecule has 0 aromatic heterocycles. The molecule has 0 spiro atoms. The highest BCUT2D eigenvalue weighted by Gasteiger charge is 2.25. The molecule has 0 aliphatic carbocycles. The SMILES string of the molecule is COCCCNC(=O)C(C)N1CCc2c(N)cccc2C1. The molecule has 0 radical (unpaired) electrons. The number of hydrogen-bond acceptors (Lipinski definition) is 4. The molecule has 1 aliphatic heterocycles. The molecule has 5 heteroatoms. The van der Waals surface area contributed by atoms with E-state index in [1.54, 1.807) is 7.11 Å². The van der Waals surface area contributed by atoms with Crippen LogP contribution in [0, 0.1) is 0 Å². The lowest BCUT2D eigenvalue weighted by Crippen LogP contribution is -2.47. The number of hydrogen-bond donors (Lipinski definition) is 2. The second-order valence-corrected chi connectivity index (χ2v) is 5.52. The quantitative estimate of drug-likeness (QED) is 0.610. The summed E-state index contributed by atoms with van der Waals surface area (Å²) in [6, 6.07) is 5.90. The third-order valence-electron chi connectivity index (χ3n) is 4.08. The monoisotopic (exact) mass is 291 g/mol. The van der Waals surface area contributed by atoms with Gasteiger partial charge < -0.3 is 15.8 Å². The van der Waals surface area contributed by atoms with E-state index in [-0.39, 0.29) is 11.9 Å². The first-order chi connectivity index (χ1) is 10.1. The maximum Gasteiger partial charge on any atom is 0.237 e. The Balaban J connectivity index is 1.89. The number of ether oxygens (including phenoxy) is 1. The summed E-state index contributed by atoms with van der Waals surface area (Å²) in [5.74, 6) is 0.0819. The number of nitrogens with one attached hydrogen (secondary N) is 1. The van der Waals surface area contributed by atoms with Crippen molar-refractivity contribution in [2.75, 3.05) is 32.5 Å². The van der Waals surface area contributed by atoms with Crippen LogP contribution in [0.4, 0.5) is 5.69 Å². The van der Waals surface area contributed by atoms with Gasteiger partial charge in [0, 0.05) is 39.0 Å². The van der Waals surface area contributed by atoms with Crippen LogP contribution in [-0.4, -0.2) is 43.7 Å². The van der Waals surface area contributed by atoms with Crippen molar-refractivity contribution >= 4 is 11.6 Å². The highest BCUT2D eigenvalue weighted by Crippen LogP contribution is 2.25. The molecular weight excluding hydrogens is 266 g/mol. The highest BCUT2D eigenvalue weighted by atomic mass is 16.5. The van der Waals surface area contributed by atoms with Crippen LogP contribution >= 0.6 is 0 Å². The van der Waals surface area contributed by atoms with Gasteiger partial charge in [0.05, 0.1) is 6.04 Å². The molecule has 0 bridgehead atoms. The van der Waals surface area contributed by atoms with Crippen LogP contribution < -0.4 is 11.1 Å². The first-order valence-electron chi connectivity index (χ1n) is 7.50. The molecule has 3 N–H and O–H groups in total. The van der Waals surface area contributed by atoms with Gasteiger partial charge in [-0.3, -0.25) is 9.69 Å². The summed E-state index contributed by atoms with van der Waals surface area (Å²) in [4.78, 5) is 14.4. The van der Waals surface area contributed by atoms with Crippen LogP contribution in [0.5, 0.6) is 0 Å². The van der Waals surface area contributed by atoms with Gasteiger partial charge in [-0.15, -0.1) is 0 Å². The second-order valence-electron chi connectivity index (χ2n) is 5.52. The van der Waals surface area contributed by atoms with Gasteiger partial charge in [-0.1, -0.05) is 12.1 Å². The third kappa shape index (κ3) is 3.95. The molecule has 1 unspecified atom stereocenters. The smallest absolute Gasteiger partial charge is 0.237 e. The summed E-state index contributed by atoms with van der Waals surface area (Å²) in [5, 5.41) is 2.96. The number of fused-ring (bicyclic) bond motifs is 1. The maximum absolute atomic E-state index is 12.2. The van der Waals surface area contributed by atoms with Gasteiger partial charge in [0.15, 0.2) is 0 Å². The zero-order chi connectivity index (χ0) is 15.2. The lowest BCUT2D eigenvalue weighted by molar-refractivity contribution is -0.126. The molecule has 5 nitrogen and oxygen atoms in total. The van der Waals surface area contributed by atoms with Crippen molar-refractivity contribution in [2.24, 2.45) is 0 Å². The topological polar surface area (TPSA) is 67.6 Å². The number of methoxy groups -OCH3 is 1. The Morgan fingerprint density at radius 3 is 3.10 bits per heavy atom. The number of carbonyl (C=O) groups excluding carboxylic acids is 1. The predicted octanol–water partition coefficient (Wildman–Crippen LogP) is 1.17. The summed E-state index contributed by atoms with van der Waals surface area (Å²) in [5.41, 5.74) is 9.35. The lowest BCUT2D eigenvalue weighted by atomic mass is 9.97. The fourth-order valence-electron chi connectivity index (χ4n) is 2.73. The van der Waals surface area contributed by atoms with Gasteiger partial charge in [-0.2, -0.15) is 0 Å². The Morgan fingerprint density at radius 2 is 2.33 bits per heavy atom. The molecule has 1 atom stereocenters. The van der Waals surface area contributed by atoms with E-state index in [2.05, 4.69) is 16.3 Å². The van der Waals surface area contributed by atoms with Gasteiger partial charge in [-0.05, 0) is 37.0 Å². The Labute approximate surface area is 126 Å². The second kappa shape index (κ2) is 7.43. The summed E-state index contributed by atoms with van der Waals surface area (Å²) in [7, 11) is 1.67. The molecule has 1 aromatic rings. The van der Waals surface area contributed by atoms with Crippen LogP contribution in [0.25, 0.3) is 0 Å². The predicted molar refractivity (Wildman–Crippen MR) is 83.9 cm³/mol. The van der Waals surface area contributed by atoms with Crippen LogP contribution in [0.2, 0.25) is 0 Å². The van der Waals surface area contributed by atoms with Gasteiger partial charge in [0.2, 0.25) is 5.91 Å². The number of nitrogens with two attached hydrogens (primary N) is 1. The summed E-state index contributed by atoms with van der Waals surface area (Å²) < 4.78 is 4.98. The van der Waals surface area contributed by atoms with E-state index in [0.29, 0.717) is 13.2 Å². The number of carbonyl (C=O) groups is 1. The first-order valence-corrected chi connectivity index (χ1v) is 7.50. The third-order valence-corrected chi connectivity index (χ3v) is 4.08. The zero-order valence-corrected chi connectivity index (χ0v) is 12.9. The molecule has 0 fully saturated rings. The van der Waals surface area contributed by atoms with Crippen LogP contribution in [0.1, 0.15) is 24.5 Å². The lowest BCUT2D eigenvalue weighted by Gasteiger charge is -2.33. The number of benzene rings is 1. The standard InChI is InChI=1S/C16H25N3O2/c1-12(16(20)18-8-4-10-21-2)19-9-7-14-13(11-19)5-3-6-15(14)17/h3,5-6,12H,4,7-11,17H2,1-2H3,(H,18,20). The van der Waals surface area contributed by atoms with Gasteiger partial charge in [0.1, 0.15) is 0 Å². The van der Waals surface area contributed by atoms with Crippen molar-refractivity contribution in [3.63, 3.8) is 0 Å². The molecule has 0 saturated carbocycles. The minimum Gasteiger partial charge on any atom is -0.398 e. The molecule has 0 saturated heterocycles. The van der Waals surface area contributed by atoms with Crippen molar-refractivity contribution in [3.05, 3.63) is 29.3 Å². The number of anilines is 1. The fourth-order valence-corrected chi connectivity index (χ4v) is 2.73. The molecule has 1 heterocycles. The highest BCUT2D eigenvalue weighted by molar-refractivity contribution is 5.81. The average molecular weight is 291 g/mol. The van der Waals surface area contributed by atoms with E-state index in [9.17, 15) is 4.79 Å².